The van der Waals surface area contributed by atoms with Crippen LogP contribution in [0.25, 0.3) is 0 Å². The summed E-state index contributed by atoms with van der Waals surface area (Å²) in [5.41, 5.74) is 0.796. The van der Waals surface area contributed by atoms with Crippen molar-refractivity contribution in [1.82, 2.24) is 25.5 Å². The Morgan fingerprint density at radius 1 is 1.03 bits per heavy atom. The average Bonchev–Trinajstić information content (AvgIpc) is 3.37. The maximum absolute atomic E-state index is 13.1. The van der Waals surface area contributed by atoms with Gasteiger partial charge in [-0.1, -0.05) is 36.4 Å². The van der Waals surface area contributed by atoms with Crippen molar-refractivity contribution in [3.63, 3.8) is 0 Å². The number of carbonyl (C=O) groups is 3. The Kier molecular flexibility index (Phi) is 11.1. The van der Waals surface area contributed by atoms with Crippen LogP contribution in [0.5, 0.6) is 0 Å². The second-order valence-corrected chi connectivity index (χ2v) is 9.38. The fourth-order valence-corrected chi connectivity index (χ4v) is 3.51. The molecule has 0 aliphatic heterocycles. The standard InChI is InChI=1S/C27H33BN6O5/c1-27(2,31-18-28-38)26(37)32-22(17-39-16-21-11-7-4-8-12-21)25(36)33-23-14-34(19-30-23)15-24(35)29-13-20-9-5-3-6-10-20/h3-12,14,19,22,31H,13,15-18H2,1-2H3,(H,29,35)(H,32,37)(H,33,36). The van der Waals surface area contributed by atoms with Crippen molar-refractivity contribution in [3.05, 3.63) is 84.3 Å². The van der Waals surface area contributed by atoms with E-state index >= 15 is 0 Å². The third-order valence-electron chi connectivity index (χ3n) is 5.76. The van der Waals surface area contributed by atoms with Crippen LogP contribution >= 0.6 is 0 Å². The molecule has 2 aromatic carbocycles. The predicted molar refractivity (Wildman–Crippen MR) is 146 cm³/mol. The van der Waals surface area contributed by atoms with Crippen molar-refractivity contribution in [1.29, 1.82) is 0 Å². The molecule has 3 amide bonds. The molecule has 0 aliphatic rings. The van der Waals surface area contributed by atoms with Crippen molar-refractivity contribution in [2.45, 2.75) is 45.1 Å². The van der Waals surface area contributed by atoms with Gasteiger partial charge in [0.25, 0.3) is 0 Å². The van der Waals surface area contributed by atoms with E-state index in [-0.39, 0.29) is 37.9 Å². The quantitative estimate of drug-likeness (QED) is 0.216. The fraction of sp³-hybridized carbons (Fsp3) is 0.333. The maximum atomic E-state index is 13.1. The number of benzene rings is 2. The predicted octanol–water partition coefficient (Wildman–Crippen LogP) is 1.22. The molecule has 0 saturated heterocycles. The Hall–Kier alpha value is -4.16. The molecule has 4 N–H and O–H groups in total. The average molecular weight is 532 g/mol. The molecule has 1 aromatic heterocycles. The van der Waals surface area contributed by atoms with E-state index in [4.69, 9.17) is 4.74 Å². The van der Waals surface area contributed by atoms with Gasteiger partial charge in [0, 0.05) is 6.54 Å². The number of ether oxygens (including phenoxy) is 1. The zero-order valence-electron chi connectivity index (χ0n) is 22.1. The number of aromatic nitrogens is 2. The molecule has 0 aliphatic carbocycles. The van der Waals surface area contributed by atoms with Crippen LogP contribution < -0.4 is 21.3 Å². The monoisotopic (exact) mass is 532 g/mol. The van der Waals surface area contributed by atoms with E-state index in [0.717, 1.165) is 11.1 Å². The SMILES string of the molecule is CC(C)(NCB=O)C(=O)NC(COCc1ccccc1)C(=O)Nc1cn(CC(=O)NCc2ccccc2)cn1. The molecule has 11 nitrogen and oxygen atoms in total. The Labute approximate surface area is 228 Å². The second-order valence-electron chi connectivity index (χ2n) is 9.38. The molecule has 0 saturated carbocycles. The van der Waals surface area contributed by atoms with Gasteiger partial charge in [0.15, 0.2) is 0 Å². The minimum atomic E-state index is -1.10. The van der Waals surface area contributed by atoms with E-state index in [9.17, 15) is 19.1 Å². The first-order chi connectivity index (χ1) is 18.8. The summed E-state index contributed by atoms with van der Waals surface area (Å²) < 4.78 is 18.0. The van der Waals surface area contributed by atoms with Crippen molar-refractivity contribution < 1.29 is 23.8 Å². The Balaban J connectivity index is 1.59. The van der Waals surface area contributed by atoms with Gasteiger partial charge in [-0.05, 0) is 5.56 Å². The fourth-order valence-electron chi connectivity index (χ4n) is 3.51. The first-order valence-corrected chi connectivity index (χ1v) is 12.5. The molecule has 3 aromatic rings. The number of hydrogen-bond acceptors (Lipinski definition) is 7. The molecule has 1 heterocycles. The molecule has 0 radical (unpaired) electrons. The Morgan fingerprint density at radius 3 is 2.36 bits per heavy atom. The van der Waals surface area contributed by atoms with Crippen LogP contribution in [-0.4, -0.2) is 59.1 Å². The zero-order valence-corrected chi connectivity index (χ0v) is 22.1. The van der Waals surface area contributed by atoms with Crippen molar-refractivity contribution in [2.24, 2.45) is 0 Å². The summed E-state index contributed by atoms with van der Waals surface area (Å²) in [6.07, 6.45) is 2.95. The number of rotatable bonds is 15. The van der Waals surface area contributed by atoms with E-state index < -0.39 is 23.4 Å². The Bertz CT molecular complexity index is 1240. The molecule has 39 heavy (non-hydrogen) atoms. The van der Waals surface area contributed by atoms with E-state index in [0.29, 0.717) is 13.7 Å². The third kappa shape index (κ3) is 9.91. The number of carbonyl (C=O) groups excluding carboxylic acids is 3. The van der Waals surface area contributed by atoms with Gasteiger partial charge < -0.3 is 5.32 Å². The molecule has 1 unspecified atom stereocenters. The van der Waals surface area contributed by atoms with Crippen LogP contribution in [0.3, 0.4) is 0 Å². The van der Waals surface area contributed by atoms with Crippen molar-refractivity contribution in [3.8, 4) is 0 Å². The number of anilines is 1. The number of nitrogens with zero attached hydrogens (tertiary/aromatic N) is 2. The molecule has 204 valence electrons. The molecule has 3 rings (SSSR count). The Morgan fingerprint density at radius 2 is 1.69 bits per heavy atom. The van der Waals surface area contributed by atoms with Gasteiger partial charge in [0.05, 0.1) is 0 Å². The van der Waals surface area contributed by atoms with E-state index in [1.54, 1.807) is 18.4 Å². The van der Waals surface area contributed by atoms with Crippen LogP contribution in [0.15, 0.2) is 73.2 Å². The van der Waals surface area contributed by atoms with Gasteiger partial charge in [-0.15, -0.1) is 0 Å². The van der Waals surface area contributed by atoms with Gasteiger partial charge in [-0.2, -0.15) is 0 Å². The van der Waals surface area contributed by atoms with Gasteiger partial charge in [0.2, 0.25) is 5.91 Å². The minimum absolute atomic E-state index is 0.0157. The molecule has 1 atom stereocenters. The van der Waals surface area contributed by atoms with Crippen LogP contribution in [0.2, 0.25) is 0 Å². The number of amides is 3. The van der Waals surface area contributed by atoms with Crippen LogP contribution in [0, 0.1) is 0 Å². The first kappa shape index (κ1) is 29.4. The summed E-state index contributed by atoms with van der Waals surface area (Å²) in [5.74, 6) is -1.01. The first-order valence-electron chi connectivity index (χ1n) is 12.5. The van der Waals surface area contributed by atoms with Gasteiger partial charge in [-0.3, -0.25) is 4.79 Å². The normalized spacial score (nSPS) is 11.7. The van der Waals surface area contributed by atoms with Crippen LogP contribution in [0.1, 0.15) is 25.0 Å². The third-order valence-corrected chi connectivity index (χ3v) is 5.76. The van der Waals surface area contributed by atoms with Crippen molar-refractivity contribution in [2.75, 3.05) is 18.4 Å². The van der Waals surface area contributed by atoms with Gasteiger partial charge >= 0.3 is 163 Å². The van der Waals surface area contributed by atoms with E-state index in [1.807, 2.05) is 60.7 Å². The van der Waals surface area contributed by atoms with Crippen molar-refractivity contribution >= 4 is 30.7 Å². The summed E-state index contributed by atoms with van der Waals surface area (Å²) in [4.78, 5) is 42.4. The number of nitrogens with one attached hydrogen (secondary N) is 4. The zero-order chi connectivity index (χ0) is 28.1. The molecule has 0 fully saturated rings. The second kappa shape index (κ2) is 14.7. The van der Waals surface area contributed by atoms with Gasteiger partial charge in [0.1, 0.15) is 0 Å². The van der Waals surface area contributed by atoms with Crippen LogP contribution in [0.4, 0.5) is 5.82 Å². The molecule has 0 spiro atoms. The topological polar surface area (TPSA) is 143 Å². The van der Waals surface area contributed by atoms with E-state index in [1.165, 1.54) is 12.5 Å². The molecule has 0 bridgehead atoms. The molecule has 12 heteroatoms. The summed E-state index contributed by atoms with van der Waals surface area (Å²) >= 11 is 0. The molecular weight excluding hydrogens is 499 g/mol. The molecular formula is C27H33BN6O5. The number of hydrogen-bond donors (Lipinski definition) is 4. The van der Waals surface area contributed by atoms with Crippen LogP contribution in [-0.2, 0) is 43.5 Å². The summed E-state index contributed by atoms with van der Waals surface area (Å²) in [7, 11) is 0.653. The summed E-state index contributed by atoms with van der Waals surface area (Å²) in [6.45, 7) is 3.79. The summed E-state index contributed by atoms with van der Waals surface area (Å²) in [6, 6.07) is 17.9. The van der Waals surface area contributed by atoms with E-state index in [2.05, 4.69) is 26.3 Å². The van der Waals surface area contributed by atoms with Gasteiger partial charge in [-0.25, -0.2) is 0 Å². The number of imidazole rings is 1. The summed E-state index contributed by atoms with van der Waals surface area (Å²) in [5, 5.41) is 11.0.